The molecule has 2 N–H and O–H groups in total. The van der Waals surface area contributed by atoms with E-state index < -0.39 is 0 Å². The van der Waals surface area contributed by atoms with Gasteiger partial charge < -0.3 is 14.8 Å². The molecule has 2 aliphatic carbocycles. The van der Waals surface area contributed by atoms with Crippen LogP contribution in [0.5, 0.6) is 0 Å². The molecule has 1 saturated heterocycles. The van der Waals surface area contributed by atoms with Gasteiger partial charge in [0.25, 0.3) is 5.91 Å². The number of nitrogens with one attached hydrogen (secondary N) is 2. The van der Waals surface area contributed by atoms with Gasteiger partial charge >= 0.3 is 0 Å². The van der Waals surface area contributed by atoms with Crippen LogP contribution in [0.25, 0.3) is 11.0 Å². The molecule has 10 heteroatoms. The first-order chi connectivity index (χ1) is 17.0. The van der Waals surface area contributed by atoms with Crippen LogP contribution in [0.15, 0.2) is 24.9 Å². The van der Waals surface area contributed by atoms with Gasteiger partial charge in [-0.25, -0.2) is 19.9 Å². The summed E-state index contributed by atoms with van der Waals surface area (Å²) in [5.41, 5.74) is 6.48. The van der Waals surface area contributed by atoms with E-state index in [0.29, 0.717) is 12.1 Å². The van der Waals surface area contributed by atoms with E-state index in [2.05, 4.69) is 35.4 Å². The topological polar surface area (TPSA) is 118 Å². The number of carbonyl (C=O) groups is 1. The van der Waals surface area contributed by atoms with Crippen LogP contribution >= 0.6 is 0 Å². The number of rotatable bonds is 5. The van der Waals surface area contributed by atoms with Crippen molar-refractivity contribution in [2.75, 3.05) is 18.0 Å². The number of H-pyrrole nitrogens is 1. The molecule has 3 aliphatic rings. The van der Waals surface area contributed by atoms with Gasteiger partial charge in [-0.2, -0.15) is 5.10 Å². The van der Waals surface area contributed by atoms with Gasteiger partial charge in [0.2, 0.25) is 5.95 Å². The molecule has 1 amide bonds. The van der Waals surface area contributed by atoms with Crippen LogP contribution < -0.4 is 10.2 Å². The zero-order valence-corrected chi connectivity index (χ0v) is 19.8. The van der Waals surface area contributed by atoms with Crippen molar-refractivity contribution in [3.63, 3.8) is 0 Å². The molecule has 0 radical (unpaired) electrons. The lowest BCUT2D eigenvalue weighted by Crippen LogP contribution is -2.27. The second-order valence-corrected chi connectivity index (χ2v) is 10.1. The third-order valence-corrected chi connectivity index (χ3v) is 7.90. The van der Waals surface area contributed by atoms with Gasteiger partial charge in [0.05, 0.1) is 34.9 Å². The van der Waals surface area contributed by atoms with E-state index in [9.17, 15) is 4.79 Å². The van der Waals surface area contributed by atoms with Crippen LogP contribution in [0.1, 0.15) is 57.5 Å². The Morgan fingerprint density at radius 2 is 2.03 bits per heavy atom. The number of hydrogen-bond donors (Lipinski definition) is 2. The van der Waals surface area contributed by atoms with Gasteiger partial charge in [-0.15, -0.1) is 0 Å². The summed E-state index contributed by atoms with van der Waals surface area (Å²) in [6.07, 6.45) is 10.1. The highest BCUT2D eigenvalue weighted by Gasteiger charge is 2.45. The number of piperidine rings is 1. The number of aryl methyl sites for hydroxylation is 2. The third kappa shape index (κ3) is 3.38. The molecule has 1 saturated carbocycles. The quantitative estimate of drug-likeness (QED) is 0.461. The first-order valence-electron chi connectivity index (χ1n) is 12.3. The van der Waals surface area contributed by atoms with Crippen LogP contribution in [0.4, 0.5) is 5.95 Å². The Morgan fingerprint density at radius 1 is 1.17 bits per heavy atom. The smallest absolute Gasteiger partial charge is 0.254 e. The number of aromatic amines is 1. The van der Waals surface area contributed by atoms with Crippen molar-refractivity contribution in [1.29, 1.82) is 0 Å². The average molecular weight is 470 g/mol. The Kier molecular flexibility index (Phi) is 4.46. The van der Waals surface area contributed by atoms with Crippen LogP contribution in [-0.2, 0) is 13.0 Å². The Bertz CT molecular complexity index is 1460. The highest BCUT2D eigenvalue weighted by atomic mass is 16.1. The molecule has 7 rings (SSSR count). The van der Waals surface area contributed by atoms with Gasteiger partial charge in [-0.3, -0.25) is 9.89 Å². The number of hydrogen-bond acceptors (Lipinski definition) is 7. The van der Waals surface area contributed by atoms with Crippen molar-refractivity contribution in [2.45, 2.75) is 45.7 Å². The second kappa shape index (κ2) is 7.59. The maximum atomic E-state index is 13.3. The number of nitrogens with zero attached hydrogens (tertiary/aromatic N) is 7. The summed E-state index contributed by atoms with van der Waals surface area (Å²) in [5.74, 6) is 2.36. The fraction of sp³-hybridized carbons (Fsp3) is 0.440. The molecule has 4 aromatic rings. The molecule has 0 aromatic carbocycles. The Hall–Kier alpha value is -3.82. The van der Waals surface area contributed by atoms with Crippen molar-refractivity contribution in [1.82, 2.24) is 40.0 Å². The van der Waals surface area contributed by atoms with Crippen LogP contribution in [-0.4, -0.2) is 53.7 Å². The third-order valence-electron chi connectivity index (χ3n) is 7.90. The van der Waals surface area contributed by atoms with Crippen LogP contribution in [0, 0.1) is 25.7 Å². The molecule has 2 fully saturated rings. The Morgan fingerprint density at radius 3 is 2.86 bits per heavy atom. The van der Waals surface area contributed by atoms with Crippen molar-refractivity contribution < 1.29 is 4.79 Å². The van der Waals surface area contributed by atoms with E-state index in [1.165, 1.54) is 18.3 Å². The van der Waals surface area contributed by atoms with Crippen molar-refractivity contribution >= 4 is 22.9 Å². The van der Waals surface area contributed by atoms with E-state index in [0.717, 1.165) is 77.4 Å². The fourth-order valence-electron chi connectivity index (χ4n) is 5.75. The first-order valence-corrected chi connectivity index (χ1v) is 12.3. The van der Waals surface area contributed by atoms with Gasteiger partial charge in [0.1, 0.15) is 12.0 Å². The van der Waals surface area contributed by atoms with E-state index in [-0.39, 0.29) is 11.9 Å². The van der Waals surface area contributed by atoms with Crippen LogP contribution in [0.2, 0.25) is 0 Å². The molecule has 0 spiro atoms. The van der Waals surface area contributed by atoms with Gasteiger partial charge in [-0.05, 0) is 50.5 Å². The summed E-state index contributed by atoms with van der Waals surface area (Å²) in [6, 6.07) is -0.0680. The van der Waals surface area contributed by atoms with E-state index >= 15 is 0 Å². The summed E-state index contributed by atoms with van der Waals surface area (Å²) < 4.78 is 1.99. The Labute approximate surface area is 202 Å². The van der Waals surface area contributed by atoms with E-state index in [1.54, 1.807) is 6.20 Å². The lowest BCUT2D eigenvalue weighted by molar-refractivity contribution is 0.0937. The molecule has 3 atom stereocenters. The minimum Gasteiger partial charge on any atom is -0.344 e. The lowest BCUT2D eigenvalue weighted by Gasteiger charge is -2.18. The predicted octanol–water partition coefficient (Wildman–Crippen LogP) is 2.48. The molecule has 35 heavy (non-hydrogen) atoms. The zero-order valence-electron chi connectivity index (χ0n) is 19.8. The molecule has 5 heterocycles. The fourth-order valence-corrected chi connectivity index (χ4v) is 5.75. The molecule has 4 aromatic heterocycles. The monoisotopic (exact) mass is 469 g/mol. The van der Waals surface area contributed by atoms with Crippen molar-refractivity contribution in [3.8, 4) is 0 Å². The van der Waals surface area contributed by atoms with E-state index in [4.69, 9.17) is 4.98 Å². The largest absolute Gasteiger partial charge is 0.344 e. The summed E-state index contributed by atoms with van der Waals surface area (Å²) in [4.78, 5) is 33.8. The molecule has 1 aliphatic heterocycles. The maximum absolute atomic E-state index is 13.3. The van der Waals surface area contributed by atoms with Crippen LogP contribution in [0.3, 0.4) is 0 Å². The van der Waals surface area contributed by atoms with Gasteiger partial charge in [0, 0.05) is 42.9 Å². The highest BCUT2D eigenvalue weighted by molar-refractivity contribution is 6.06. The molecule has 10 nitrogen and oxygen atoms in total. The molecular weight excluding hydrogens is 442 g/mol. The number of fused-ring (bicyclic) bond motifs is 3. The molecule has 2 unspecified atom stereocenters. The SMILES string of the molecule is Cc1nc(N2CC3CC3C2)ncc1Cn1cc(C(=O)N[C@@H]2CCc3c(C)n[nH]c32)c2cncnc21. The average Bonchev–Trinajstić information content (AvgIpc) is 3.26. The highest BCUT2D eigenvalue weighted by Crippen LogP contribution is 2.45. The second-order valence-electron chi connectivity index (χ2n) is 10.1. The summed E-state index contributed by atoms with van der Waals surface area (Å²) in [5, 5.41) is 11.3. The summed E-state index contributed by atoms with van der Waals surface area (Å²) >= 11 is 0. The van der Waals surface area contributed by atoms with Gasteiger partial charge in [-0.1, -0.05) is 0 Å². The van der Waals surface area contributed by atoms with Crippen molar-refractivity contribution in [3.05, 3.63) is 58.7 Å². The van der Waals surface area contributed by atoms with Gasteiger partial charge in [0.15, 0.2) is 0 Å². The predicted molar refractivity (Wildman–Crippen MR) is 129 cm³/mol. The molecular formula is C25H27N9O. The van der Waals surface area contributed by atoms with E-state index in [1.807, 2.05) is 30.8 Å². The Balaban J connectivity index is 1.15. The lowest BCUT2D eigenvalue weighted by atomic mass is 10.2. The summed E-state index contributed by atoms with van der Waals surface area (Å²) in [6.45, 7) is 6.70. The zero-order chi connectivity index (χ0) is 23.7. The summed E-state index contributed by atoms with van der Waals surface area (Å²) in [7, 11) is 0. The molecule has 178 valence electrons. The first kappa shape index (κ1) is 20.5. The number of amides is 1. The maximum Gasteiger partial charge on any atom is 0.254 e. The number of aromatic nitrogens is 7. The normalized spacial score (nSPS) is 22.5. The minimum atomic E-state index is -0.135. The standard InChI is InChI=1S/C25H27N9O/c1-13-17(6-27-25(29-13)34-8-15-5-16(15)9-34)10-33-11-20(19-7-26-12-28-23(19)33)24(35)30-21-4-3-18-14(2)31-32-22(18)21/h6-7,11-12,15-16,21H,3-5,8-10H2,1-2H3,(H,30,35)(H,31,32)/t15?,16?,21-/m1/s1. The number of carbonyl (C=O) groups excluding carboxylic acids is 1. The van der Waals surface area contributed by atoms with Crippen molar-refractivity contribution in [2.24, 2.45) is 11.8 Å². The molecule has 0 bridgehead atoms. The minimum absolute atomic E-state index is 0.0680. The number of anilines is 1.